The highest BCUT2D eigenvalue weighted by Crippen LogP contribution is 2.24. The van der Waals surface area contributed by atoms with E-state index in [0.29, 0.717) is 5.57 Å². The molecule has 0 saturated carbocycles. The summed E-state index contributed by atoms with van der Waals surface area (Å²) in [6, 6.07) is 0. The largest absolute Gasteiger partial charge is 0.268 e. The number of sulfonamides is 1. The number of nitrogens with zero attached hydrogens (tertiary/aromatic N) is 1. The molecule has 0 saturated heterocycles. The molecule has 1 aliphatic heterocycles. The van der Waals surface area contributed by atoms with Gasteiger partial charge in [0, 0.05) is 12.6 Å². The zero-order valence-corrected chi connectivity index (χ0v) is 7.40. The molecule has 11 heavy (non-hydrogen) atoms. The molecule has 0 N–H and O–H groups in total. The number of carbonyl (C=O) groups excluding carboxylic acids is 1. The zero-order valence-electron chi connectivity index (χ0n) is 6.58. The van der Waals surface area contributed by atoms with Crippen molar-refractivity contribution in [3.8, 4) is 0 Å². The lowest BCUT2D eigenvalue weighted by Gasteiger charge is -2.07. The van der Waals surface area contributed by atoms with Crippen LogP contribution >= 0.6 is 0 Å². The molecule has 0 aromatic heterocycles. The topological polar surface area (TPSA) is 54.5 Å². The van der Waals surface area contributed by atoms with Gasteiger partial charge in [-0.3, -0.25) is 4.79 Å². The van der Waals surface area contributed by atoms with Crippen LogP contribution in [0.25, 0.3) is 0 Å². The Kier molecular flexibility index (Phi) is 1.56. The van der Waals surface area contributed by atoms with Crippen LogP contribution in [0.2, 0.25) is 0 Å². The summed E-state index contributed by atoms with van der Waals surface area (Å²) in [5.41, 5.74) is 0.313. The van der Waals surface area contributed by atoms with Gasteiger partial charge in [-0.2, -0.15) is 0 Å². The van der Waals surface area contributed by atoms with Crippen LogP contribution in [-0.2, 0) is 14.8 Å². The molecule has 4 nitrogen and oxygen atoms in total. The fourth-order valence-corrected chi connectivity index (χ4v) is 2.14. The van der Waals surface area contributed by atoms with E-state index in [9.17, 15) is 13.2 Å². The molecule has 1 heterocycles. The molecule has 0 fully saturated rings. The van der Waals surface area contributed by atoms with E-state index in [0.717, 1.165) is 4.31 Å². The van der Waals surface area contributed by atoms with E-state index in [4.69, 9.17) is 0 Å². The zero-order chi connectivity index (χ0) is 8.81. The van der Waals surface area contributed by atoms with E-state index in [2.05, 4.69) is 0 Å². The Labute approximate surface area is 65.6 Å². The van der Waals surface area contributed by atoms with Gasteiger partial charge >= 0.3 is 0 Å². The minimum atomic E-state index is -3.44. The molecule has 0 aromatic carbocycles. The first-order valence-corrected chi connectivity index (χ1v) is 4.54. The minimum absolute atomic E-state index is 0.157. The molecule has 0 aliphatic carbocycles. The van der Waals surface area contributed by atoms with Gasteiger partial charge in [0.1, 0.15) is 0 Å². The monoisotopic (exact) mass is 175 g/mol. The van der Waals surface area contributed by atoms with Crippen LogP contribution in [0, 0.1) is 0 Å². The summed E-state index contributed by atoms with van der Waals surface area (Å²) >= 11 is 0. The molecule has 0 aromatic rings. The Morgan fingerprint density at radius 1 is 1.27 bits per heavy atom. The van der Waals surface area contributed by atoms with E-state index in [-0.39, 0.29) is 4.91 Å². The Morgan fingerprint density at radius 3 is 1.82 bits per heavy atom. The quantitative estimate of drug-likeness (QED) is 0.524. The summed E-state index contributed by atoms with van der Waals surface area (Å²) in [7, 11) is -2.18. The summed E-state index contributed by atoms with van der Waals surface area (Å²) in [5, 5.41) is 0. The first-order chi connectivity index (χ1) is 4.89. The van der Waals surface area contributed by atoms with Gasteiger partial charge in [0.2, 0.25) is 0 Å². The fourth-order valence-electron chi connectivity index (χ4n) is 0.895. The van der Waals surface area contributed by atoms with Crippen LogP contribution in [0.1, 0.15) is 13.8 Å². The second kappa shape index (κ2) is 2.07. The lowest BCUT2D eigenvalue weighted by atomic mass is 10.3. The highest BCUT2D eigenvalue weighted by Gasteiger charge is 2.35. The number of carbonyl (C=O) groups is 1. The third kappa shape index (κ3) is 0.875. The van der Waals surface area contributed by atoms with Gasteiger partial charge in [0.15, 0.2) is 0 Å². The third-order valence-corrected chi connectivity index (χ3v) is 3.85. The van der Waals surface area contributed by atoms with Crippen molar-refractivity contribution < 1.29 is 13.2 Å². The van der Waals surface area contributed by atoms with E-state index in [1.165, 1.54) is 20.9 Å². The van der Waals surface area contributed by atoms with Gasteiger partial charge in [-0.05, 0) is 13.8 Å². The van der Waals surface area contributed by atoms with Crippen molar-refractivity contribution in [3.63, 3.8) is 0 Å². The van der Waals surface area contributed by atoms with Crippen molar-refractivity contribution in [1.29, 1.82) is 0 Å². The molecular weight excluding hydrogens is 166 g/mol. The first kappa shape index (κ1) is 8.26. The Hall–Kier alpha value is -0.840. The van der Waals surface area contributed by atoms with Crippen LogP contribution in [-0.4, -0.2) is 25.7 Å². The smallest absolute Gasteiger partial charge is 0.264 e. The third-order valence-electron chi connectivity index (χ3n) is 1.88. The summed E-state index contributed by atoms with van der Waals surface area (Å²) in [6.45, 7) is 2.95. The number of allylic oxidation sites excluding steroid dienone is 1. The van der Waals surface area contributed by atoms with Crippen molar-refractivity contribution in [1.82, 2.24) is 4.31 Å². The van der Waals surface area contributed by atoms with Crippen LogP contribution in [0.5, 0.6) is 0 Å². The molecule has 0 bridgehead atoms. The second-order valence-corrected chi connectivity index (χ2v) is 4.57. The van der Waals surface area contributed by atoms with E-state index in [1.807, 2.05) is 0 Å². The number of likely N-dealkylation sites (N-methyl/N-ethyl adjacent to an activating group) is 1. The summed E-state index contributed by atoms with van der Waals surface area (Å²) in [5.74, 6) is -0.428. The first-order valence-electron chi connectivity index (χ1n) is 3.09. The average Bonchev–Trinajstić information content (AvgIpc) is 2.06. The standard InChI is InChI=1S/C6H9NO3S/c1-4-5(2)11(9,10)7(3)6(4)8/h1-3H3. The number of hydrogen-bond acceptors (Lipinski definition) is 3. The van der Waals surface area contributed by atoms with Crippen LogP contribution in [0.15, 0.2) is 10.5 Å². The lowest BCUT2D eigenvalue weighted by molar-refractivity contribution is -0.121. The molecule has 1 amide bonds. The van der Waals surface area contributed by atoms with Gasteiger partial charge in [0.05, 0.1) is 4.91 Å². The van der Waals surface area contributed by atoms with Gasteiger partial charge in [-0.25, -0.2) is 12.7 Å². The van der Waals surface area contributed by atoms with Crippen LogP contribution in [0.3, 0.4) is 0 Å². The summed E-state index contributed by atoms with van der Waals surface area (Å²) in [4.78, 5) is 11.2. The van der Waals surface area contributed by atoms with Gasteiger partial charge in [0.25, 0.3) is 15.9 Å². The Bertz CT molecular complexity index is 339. The van der Waals surface area contributed by atoms with Crippen molar-refractivity contribution in [2.24, 2.45) is 0 Å². The van der Waals surface area contributed by atoms with Gasteiger partial charge in [-0.15, -0.1) is 0 Å². The molecule has 0 spiro atoms. The maximum Gasteiger partial charge on any atom is 0.264 e. The predicted octanol–water partition coefficient (Wildman–Crippen LogP) is 0.0821. The van der Waals surface area contributed by atoms with E-state index >= 15 is 0 Å². The van der Waals surface area contributed by atoms with Gasteiger partial charge in [-0.1, -0.05) is 0 Å². The predicted molar refractivity (Wildman–Crippen MR) is 40.1 cm³/mol. The number of rotatable bonds is 0. The van der Waals surface area contributed by atoms with E-state index < -0.39 is 15.9 Å². The fraction of sp³-hybridized carbons (Fsp3) is 0.500. The molecule has 0 unspecified atom stereocenters. The molecule has 62 valence electrons. The number of hydrogen-bond donors (Lipinski definition) is 0. The van der Waals surface area contributed by atoms with Gasteiger partial charge < -0.3 is 0 Å². The van der Waals surface area contributed by atoms with Crippen LogP contribution in [0.4, 0.5) is 0 Å². The second-order valence-electron chi connectivity index (χ2n) is 2.46. The summed E-state index contributed by atoms with van der Waals surface area (Å²) < 4.78 is 23.1. The average molecular weight is 175 g/mol. The molecule has 0 atom stereocenters. The Morgan fingerprint density at radius 2 is 1.73 bits per heavy atom. The molecule has 5 heteroatoms. The lowest BCUT2D eigenvalue weighted by Crippen LogP contribution is -2.26. The van der Waals surface area contributed by atoms with Crippen molar-refractivity contribution >= 4 is 15.9 Å². The molecular formula is C6H9NO3S. The van der Waals surface area contributed by atoms with Crippen LogP contribution < -0.4 is 0 Å². The van der Waals surface area contributed by atoms with E-state index in [1.54, 1.807) is 0 Å². The van der Waals surface area contributed by atoms with Crippen molar-refractivity contribution in [2.45, 2.75) is 13.8 Å². The molecule has 1 rings (SSSR count). The SMILES string of the molecule is CC1=C(C)S(=O)(=O)N(C)C1=O. The van der Waals surface area contributed by atoms with Crippen molar-refractivity contribution in [2.75, 3.05) is 7.05 Å². The maximum atomic E-state index is 11.2. The molecule has 1 aliphatic rings. The summed E-state index contributed by atoms with van der Waals surface area (Å²) in [6.07, 6.45) is 0. The highest BCUT2D eigenvalue weighted by molar-refractivity contribution is 7.94. The number of amides is 1. The highest BCUT2D eigenvalue weighted by atomic mass is 32.2. The van der Waals surface area contributed by atoms with Crippen molar-refractivity contribution in [3.05, 3.63) is 10.5 Å². The minimum Gasteiger partial charge on any atom is -0.268 e. The maximum absolute atomic E-state index is 11.2. The normalized spacial score (nSPS) is 23.2. The Balaban J connectivity index is 3.40. The molecule has 0 radical (unpaired) electrons.